The van der Waals surface area contributed by atoms with Gasteiger partial charge in [-0.2, -0.15) is 0 Å². The molecule has 0 fully saturated rings. The summed E-state index contributed by atoms with van der Waals surface area (Å²) in [7, 11) is 0. The zero-order chi connectivity index (χ0) is 15.8. The van der Waals surface area contributed by atoms with Crippen molar-refractivity contribution in [1.82, 2.24) is 4.57 Å². The van der Waals surface area contributed by atoms with E-state index >= 15 is 0 Å². The van der Waals surface area contributed by atoms with Crippen LogP contribution in [0.5, 0.6) is 0 Å². The summed E-state index contributed by atoms with van der Waals surface area (Å²) in [5.41, 5.74) is 1.59. The molecule has 4 rings (SSSR count). The molecular weight excluding hydrogens is 302 g/mol. The van der Waals surface area contributed by atoms with Crippen LogP contribution in [0.25, 0.3) is 21.0 Å². The number of hydrogen-bond donors (Lipinski definition) is 0. The number of nitrogens with zero attached hydrogens (tertiary/aromatic N) is 1. The Bertz CT molecular complexity index is 1000. The third-order valence-electron chi connectivity index (χ3n) is 4.22. The number of fused-ring (bicyclic) bond motifs is 2. The highest BCUT2D eigenvalue weighted by Crippen LogP contribution is 2.30. The van der Waals surface area contributed by atoms with Crippen molar-refractivity contribution in [2.24, 2.45) is 0 Å². The lowest BCUT2D eigenvalue weighted by Gasteiger charge is -2.05. The molecule has 0 spiro atoms. The van der Waals surface area contributed by atoms with E-state index in [1.807, 2.05) is 36.5 Å². The summed E-state index contributed by atoms with van der Waals surface area (Å²) in [6, 6.07) is 16.1. The zero-order valence-corrected chi connectivity index (χ0v) is 13.8. The molecule has 0 bridgehead atoms. The first-order chi connectivity index (χ1) is 11.3. The lowest BCUT2D eigenvalue weighted by molar-refractivity contribution is 0.104. The number of ketones is 1. The van der Waals surface area contributed by atoms with E-state index < -0.39 is 0 Å². The molecule has 2 aromatic heterocycles. The Morgan fingerprint density at radius 3 is 2.70 bits per heavy atom. The molecule has 0 saturated carbocycles. The first-order valence-electron chi connectivity index (χ1n) is 7.88. The van der Waals surface area contributed by atoms with Crippen LogP contribution in [0.1, 0.15) is 29.3 Å². The molecule has 114 valence electrons. The average molecular weight is 319 g/mol. The lowest BCUT2D eigenvalue weighted by Crippen LogP contribution is -2.02. The Labute approximate surface area is 139 Å². The van der Waals surface area contributed by atoms with E-state index in [0.717, 1.165) is 40.3 Å². The van der Waals surface area contributed by atoms with Gasteiger partial charge in [0.15, 0.2) is 5.78 Å². The first kappa shape index (κ1) is 14.2. The normalized spacial score (nSPS) is 11.3. The number of thiophene rings is 1. The summed E-state index contributed by atoms with van der Waals surface area (Å²) < 4.78 is 2.21. The largest absolute Gasteiger partial charge is 0.339 e. The van der Waals surface area contributed by atoms with E-state index in [-0.39, 0.29) is 5.78 Å². The van der Waals surface area contributed by atoms with Gasteiger partial charge in [0.2, 0.25) is 0 Å². The fraction of sp³-hybridized carbons (Fsp3) is 0.150. The van der Waals surface area contributed by atoms with Crippen LogP contribution in [0.15, 0.2) is 60.1 Å². The summed E-state index contributed by atoms with van der Waals surface area (Å²) in [6.45, 7) is 3.10. The number of hydrogen-bond acceptors (Lipinski definition) is 2. The van der Waals surface area contributed by atoms with E-state index in [1.54, 1.807) is 11.3 Å². The molecule has 0 amide bonds. The minimum absolute atomic E-state index is 0.111. The minimum atomic E-state index is 0.111. The Morgan fingerprint density at radius 2 is 1.83 bits per heavy atom. The van der Waals surface area contributed by atoms with Crippen molar-refractivity contribution in [2.75, 3.05) is 0 Å². The predicted molar refractivity (Wildman–Crippen MR) is 97.5 cm³/mol. The maximum absolute atomic E-state index is 13.2. The second-order valence-electron chi connectivity index (χ2n) is 5.73. The van der Waals surface area contributed by atoms with Crippen LogP contribution < -0.4 is 0 Å². The summed E-state index contributed by atoms with van der Waals surface area (Å²) in [5.74, 6) is 0.111. The van der Waals surface area contributed by atoms with E-state index in [2.05, 4.69) is 35.1 Å². The van der Waals surface area contributed by atoms with Crippen molar-refractivity contribution >= 4 is 38.1 Å². The third kappa shape index (κ3) is 2.28. The second kappa shape index (κ2) is 5.67. The Hall–Kier alpha value is -2.39. The number of aromatic nitrogens is 1. The second-order valence-corrected chi connectivity index (χ2v) is 6.63. The van der Waals surface area contributed by atoms with Crippen LogP contribution in [0.3, 0.4) is 0 Å². The highest BCUT2D eigenvalue weighted by molar-refractivity contribution is 7.16. The first-order valence-corrected chi connectivity index (χ1v) is 8.76. The molecule has 0 atom stereocenters. The summed E-state index contributed by atoms with van der Waals surface area (Å²) in [4.78, 5) is 14.4. The van der Waals surface area contributed by atoms with Crippen molar-refractivity contribution in [3.8, 4) is 0 Å². The van der Waals surface area contributed by atoms with Crippen LogP contribution in [-0.2, 0) is 6.54 Å². The van der Waals surface area contributed by atoms with Gasteiger partial charge in [0, 0.05) is 29.3 Å². The lowest BCUT2D eigenvalue weighted by atomic mass is 9.98. The quantitative estimate of drug-likeness (QED) is 0.455. The van der Waals surface area contributed by atoms with Gasteiger partial charge in [-0.05, 0) is 28.6 Å². The monoisotopic (exact) mass is 319 g/mol. The van der Waals surface area contributed by atoms with Gasteiger partial charge in [-0.25, -0.2) is 0 Å². The smallest absolute Gasteiger partial charge is 0.195 e. The Kier molecular flexibility index (Phi) is 3.50. The van der Waals surface area contributed by atoms with Crippen molar-refractivity contribution in [3.63, 3.8) is 0 Å². The SMILES string of the molecule is CCCn1cc(C(=O)c2cccc3ccccc23)c2ccsc21. The molecule has 3 heteroatoms. The minimum Gasteiger partial charge on any atom is -0.339 e. The van der Waals surface area contributed by atoms with E-state index in [0.29, 0.717) is 0 Å². The van der Waals surface area contributed by atoms with Crippen molar-refractivity contribution in [2.45, 2.75) is 19.9 Å². The molecular formula is C20H17NOS. The Balaban J connectivity index is 1.90. The van der Waals surface area contributed by atoms with E-state index in [9.17, 15) is 4.79 Å². The number of rotatable bonds is 4. The fourth-order valence-electron chi connectivity index (χ4n) is 3.17. The van der Waals surface area contributed by atoms with Gasteiger partial charge in [-0.3, -0.25) is 4.79 Å². The fourth-order valence-corrected chi connectivity index (χ4v) is 4.09. The zero-order valence-electron chi connectivity index (χ0n) is 13.0. The van der Waals surface area contributed by atoms with Gasteiger partial charge in [0.1, 0.15) is 4.83 Å². The maximum atomic E-state index is 13.2. The molecule has 0 aliphatic carbocycles. The number of aryl methyl sites for hydroxylation is 1. The van der Waals surface area contributed by atoms with Crippen molar-refractivity contribution in [1.29, 1.82) is 0 Å². The van der Waals surface area contributed by atoms with Gasteiger partial charge >= 0.3 is 0 Å². The van der Waals surface area contributed by atoms with Gasteiger partial charge in [-0.1, -0.05) is 49.4 Å². The van der Waals surface area contributed by atoms with Gasteiger partial charge < -0.3 is 4.57 Å². The molecule has 0 aliphatic rings. The summed E-state index contributed by atoms with van der Waals surface area (Å²) in [5, 5.41) is 5.26. The van der Waals surface area contributed by atoms with Gasteiger partial charge in [-0.15, -0.1) is 11.3 Å². The highest BCUT2D eigenvalue weighted by Gasteiger charge is 2.18. The topological polar surface area (TPSA) is 22.0 Å². The molecule has 2 heterocycles. The molecule has 2 nitrogen and oxygen atoms in total. The van der Waals surface area contributed by atoms with E-state index in [1.165, 1.54) is 4.83 Å². The van der Waals surface area contributed by atoms with Crippen LogP contribution in [0.2, 0.25) is 0 Å². The summed E-state index contributed by atoms with van der Waals surface area (Å²) in [6.07, 6.45) is 3.08. The third-order valence-corrected chi connectivity index (χ3v) is 5.17. The van der Waals surface area contributed by atoms with Gasteiger partial charge in [0.25, 0.3) is 0 Å². The molecule has 0 radical (unpaired) electrons. The van der Waals surface area contributed by atoms with Gasteiger partial charge in [0.05, 0.1) is 0 Å². The molecule has 0 unspecified atom stereocenters. The molecule has 0 aliphatic heterocycles. The number of benzene rings is 2. The molecule has 0 N–H and O–H groups in total. The molecule has 23 heavy (non-hydrogen) atoms. The predicted octanol–water partition coefficient (Wildman–Crippen LogP) is 5.50. The average Bonchev–Trinajstić information content (AvgIpc) is 3.18. The number of carbonyl (C=O) groups excluding carboxylic acids is 1. The van der Waals surface area contributed by atoms with Crippen LogP contribution in [-0.4, -0.2) is 10.4 Å². The van der Waals surface area contributed by atoms with Crippen molar-refractivity contribution < 1.29 is 4.79 Å². The summed E-state index contributed by atoms with van der Waals surface area (Å²) >= 11 is 1.70. The molecule has 4 aromatic rings. The standard InChI is InChI=1S/C20H17NOS/c1-2-11-21-13-18(17-10-12-23-20(17)21)19(22)16-9-5-7-14-6-3-4-8-15(14)16/h3-10,12-13H,2,11H2,1H3. The highest BCUT2D eigenvalue weighted by atomic mass is 32.1. The molecule has 0 saturated heterocycles. The van der Waals surface area contributed by atoms with Crippen molar-refractivity contribution in [3.05, 3.63) is 71.2 Å². The van der Waals surface area contributed by atoms with Crippen LogP contribution in [0, 0.1) is 0 Å². The molecule has 2 aromatic carbocycles. The van der Waals surface area contributed by atoms with Crippen LogP contribution >= 0.6 is 11.3 Å². The Morgan fingerprint density at radius 1 is 1.00 bits per heavy atom. The maximum Gasteiger partial charge on any atom is 0.195 e. The van der Waals surface area contributed by atoms with Crippen LogP contribution in [0.4, 0.5) is 0 Å². The number of carbonyl (C=O) groups is 1. The van der Waals surface area contributed by atoms with E-state index in [4.69, 9.17) is 0 Å².